The van der Waals surface area contributed by atoms with Crippen LogP contribution in [-0.2, 0) is 0 Å². The Labute approximate surface area is 312 Å². The van der Waals surface area contributed by atoms with Crippen LogP contribution < -0.4 is 35.7 Å². The fraction of sp³-hybridized carbons (Fsp3) is 0. The van der Waals surface area contributed by atoms with Gasteiger partial charge in [-0.15, -0.1) is 0 Å². The molecule has 4 heterocycles. The van der Waals surface area contributed by atoms with Gasteiger partial charge < -0.3 is 23.8 Å². The molecular weight excluding hydrogens is 661 g/mol. The van der Waals surface area contributed by atoms with Crippen molar-refractivity contribution in [3.63, 3.8) is 0 Å². The van der Waals surface area contributed by atoms with E-state index in [1.807, 2.05) is 12.1 Å². The molecule has 54 heavy (non-hydrogen) atoms. The summed E-state index contributed by atoms with van der Waals surface area (Å²) in [7, 11) is 0. The Bertz CT molecular complexity index is 2910. The largest absolute Gasteiger partial charge is 0.458 e. The number of anilines is 6. The number of nitrogens with zero attached hydrogens (tertiary/aromatic N) is 3. The lowest BCUT2D eigenvalue weighted by Crippen LogP contribution is -2.57. The van der Waals surface area contributed by atoms with Crippen LogP contribution in [0.4, 0.5) is 34.1 Å². The van der Waals surface area contributed by atoms with E-state index in [1.165, 1.54) is 10.8 Å². The Balaban J connectivity index is 1.20. The molecule has 0 N–H and O–H groups in total. The van der Waals surface area contributed by atoms with E-state index in [0.717, 1.165) is 90.2 Å². The van der Waals surface area contributed by atoms with Gasteiger partial charge in [-0.05, 0) is 77.7 Å². The average Bonchev–Trinajstić information content (AvgIpc) is 3.58. The monoisotopic (exact) mass is 691 g/mol. The summed E-state index contributed by atoms with van der Waals surface area (Å²) >= 11 is 0. The summed E-state index contributed by atoms with van der Waals surface area (Å²) in [5.74, 6) is 3.37. The molecule has 0 fully saturated rings. The Morgan fingerprint density at radius 1 is 0.389 bits per heavy atom. The first-order valence-electron chi connectivity index (χ1n) is 18.4. The molecular formula is C48H30BN3O2. The summed E-state index contributed by atoms with van der Waals surface area (Å²) in [4.78, 5) is 4.83. The fourth-order valence-corrected chi connectivity index (χ4v) is 9.00. The normalized spacial score (nSPS) is 13.4. The summed E-state index contributed by atoms with van der Waals surface area (Å²) in [6, 6.07) is 64.6. The van der Waals surface area contributed by atoms with E-state index in [9.17, 15) is 0 Å². The predicted molar refractivity (Wildman–Crippen MR) is 221 cm³/mol. The molecule has 1 aromatic heterocycles. The van der Waals surface area contributed by atoms with Crippen LogP contribution in [0.3, 0.4) is 0 Å². The molecule has 6 heteroatoms. The van der Waals surface area contributed by atoms with E-state index < -0.39 is 0 Å². The maximum absolute atomic E-state index is 6.81. The lowest BCUT2D eigenvalue weighted by molar-refractivity contribution is 0.464. The van der Waals surface area contributed by atoms with Crippen molar-refractivity contribution in [3.8, 4) is 28.7 Å². The molecule has 0 radical (unpaired) electrons. The second-order valence-electron chi connectivity index (χ2n) is 14.1. The van der Waals surface area contributed by atoms with Gasteiger partial charge in [0.1, 0.15) is 23.0 Å². The van der Waals surface area contributed by atoms with Crippen LogP contribution in [0.25, 0.3) is 27.5 Å². The summed E-state index contributed by atoms with van der Waals surface area (Å²) in [5.41, 5.74) is 13.1. The van der Waals surface area contributed by atoms with Gasteiger partial charge in [0.05, 0.1) is 39.5 Å². The van der Waals surface area contributed by atoms with Crippen molar-refractivity contribution < 1.29 is 9.47 Å². The Morgan fingerprint density at radius 3 is 1.59 bits per heavy atom. The van der Waals surface area contributed by atoms with Crippen LogP contribution in [0.2, 0.25) is 0 Å². The Morgan fingerprint density at radius 2 is 0.926 bits per heavy atom. The van der Waals surface area contributed by atoms with Gasteiger partial charge in [0, 0.05) is 39.7 Å². The van der Waals surface area contributed by atoms with E-state index in [1.54, 1.807) is 0 Å². The van der Waals surface area contributed by atoms with Crippen molar-refractivity contribution in [2.45, 2.75) is 0 Å². The molecule has 0 unspecified atom stereocenters. The summed E-state index contributed by atoms with van der Waals surface area (Å²) in [5, 5.41) is 2.34. The summed E-state index contributed by atoms with van der Waals surface area (Å²) in [6.45, 7) is 0.00867. The van der Waals surface area contributed by atoms with Crippen LogP contribution in [0.15, 0.2) is 182 Å². The number of para-hydroxylation sites is 7. The maximum Gasteiger partial charge on any atom is 0.260 e. The van der Waals surface area contributed by atoms with Gasteiger partial charge in [-0.2, -0.15) is 0 Å². The molecule has 9 aromatic rings. The molecule has 3 aliphatic rings. The molecule has 0 bridgehead atoms. The van der Waals surface area contributed by atoms with Gasteiger partial charge >= 0.3 is 0 Å². The molecule has 0 aliphatic carbocycles. The molecule has 0 saturated carbocycles. The lowest BCUT2D eigenvalue weighted by Gasteiger charge is -2.41. The van der Waals surface area contributed by atoms with E-state index in [4.69, 9.17) is 9.47 Å². The maximum atomic E-state index is 6.81. The third kappa shape index (κ3) is 4.05. The zero-order valence-electron chi connectivity index (χ0n) is 29.1. The number of hydrogen-bond acceptors (Lipinski definition) is 4. The first kappa shape index (κ1) is 29.4. The molecule has 12 rings (SSSR count). The second-order valence-corrected chi connectivity index (χ2v) is 14.1. The topological polar surface area (TPSA) is 29.9 Å². The van der Waals surface area contributed by atoms with Crippen molar-refractivity contribution in [3.05, 3.63) is 182 Å². The summed E-state index contributed by atoms with van der Waals surface area (Å²) < 4.78 is 16.0. The number of ether oxygens (including phenoxy) is 2. The standard InChI is InChI=1S/C48H30BN3O2/c1-3-15-31(16-4-1)50-39-23-11-12-24-40(39)51(32-17-5-2-6-18-32)48-41(50)28-27-35-34-19-7-10-22-38(34)52(47(35)48)33-29-44-46-45(30-33)54-43-26-14-9-21-37(43)49(46)36-20-8-13-25-42(36)53-44/h1-30H. The highest BCUT2D eigenvalue weighted by Gasteiger charge is 2.41. The number of fused-ring (bicyclic) bond motifs is 10. The molecule has 5 nitrogen and oxygen atoms in total. The molecule has 0 amide bonds. The quantitative estimate of drug-likeness (QED) is 0.173. The fourth-order valence-electron chi connectivity index (χ4n) is 9.00. The van der Waals surface area contributed by atoms with Crippen molar-refractivity contribution in [1.29, 1.82) is 0 Å². The minimum absolute atomic E-state index is 0.00867. The molecule has 0 spiro atoms. The van der Waals surface area contributed by atoms with Gasteiger partial charge in [0.25, 0.3) is 6.71 Å². The van der Waals surface area contributed by atoms with Crippen LogP contribution in [-0.4, -0.2) is 11.3 Å². The minimum Gasteiger partial charge on any atom is -0.458 e. The van der Waals surface area contributed by atoms with Gasteiger partial charge in [0.15, 0.2) is 0 Å². The highest BCUT2D eigenvalue weighted by molar-refractivity contribution is 6.98. The second kappa shape index (κ2) is 11.2. The Hall–Kier alpha value is -7.18. The van der Waals surface area contributed by atoms with Crippen molar-refractivity contribution >= 4 is 79.0 Å². The van der Waals surface area contributed by atoms with Crippen LogP contribution in [0, 0.1) is 0 Å². The highest BCUT2D eigenvalue weighted by Crippen LogP contribution is 2.57. The number of hydrogen-bond donors (Lipinski definition) is 0. The van der Waals surface area contributed by atoms with Crippen molar-refractivity contribution in [2.24, 2.45) is 0 Å². The number of rotatable bonds is 3. The third-order valence-corrected chi connectivity index (χ3v) is 11.2. The van der Waals surface area contributed by atoms with Gasteiger partial charge in [0.2, 0.25) is 0 Å². The van der Waals surface area contributed by atoms with E-state index >= 15 is 0 Å². The van der Waals surface area contributed by atoms with Crippen molar-refractivity contribution in [1.82, 2.24) is 4.57 Å². The van der Waals surface area contributed by atoms with Gasteiger partial charge in [-0.1, -0.05) is 103 Å². The molecule has 252 valence electrons. The minimum atomic E-state index is 0.00867. The lowest BCUT2D eigenvalue weighted by atomic mass is 9.35. The molecule has 0 atom stereocenters. The highest BCUT2D eigenvalue weighted by atomic mass is 16.5. The summed E-state index contributed by atoms with van der Waals surface area (Å²) in [6.07, 6.45) is 0. The van der Waals surface area contributed by atoms with Crippen LogP contribution >= 0.6 is 0 Å². The van der Waals surface area contributed by atoms with Gasteiger partial charge in [-0.3, -0.25) is 0 Å². The molecule has 8 aromatic carbocycles. The molecule has 3 aliphatic heterocycles. The zero-order valence-corrected chi connectivity index (χ0v) is 29.1. The first-order valence-corrected chi connectivity index (χ1v) is 18.4. The third-order valence-electron chi connectivity index (χ3n) is 11.2. The SMILES string of the molecule is c1ccc(N2c3ccccc3N(c3ccccc3)c3c2ccc2c4ccccc4n(-c4cc5c6c(c4)Oc4ccccc4B6c4ccccc4O5)c32)cc1. The number of aromatic nitrogens is 1. The zero-order chi connectivity index (χ0) is 35.3. The number of benzene rings is 8. The first-order chi connectivity index (χ1) is 26.8. The van der Waals surface area contributed by atoms with E-state index in [-0.39, 0.29) is 6.71 Å². The predicted octanol–water partition coefficient (Wildman–Crippen LogP) is 10.8. The van der Waals surface area contributed by atoms with Crippen LogP contribution in [0.5, 0.6) is 23.0 Å². The molecule has 0 saturated heterocycles. The van der Waals surface area contributed by atoms with Gasteiger partial charge in [-0.25, -0.2) is 0 Å². The van der Waals surface area contributed by atoms with Crippen molar-refractivity contribution in [2.75, 3.05) is 9.80 Å². The van der Waals surface area contributed by atoms with E-state index in [2.05, 4.69) is 184 Å². The van der Waals surface area contributed by atoms with Crippen LogP contribution in [0.1, 0.15) is 0 Å². The smallest absolute Gasteiger partial charge is 0.260 e. The Kier molecular flexibility index (Phi) is 6.08. The average molecular weight is 692 g/mol. The van der Waals surface area contributed by atoms with E-state index in [0.29, 0.717) is 0 Å².